The Morgan fingerprint density at radius 3 is 1.75 bits per heavy atom. The van der Waals surface area contributed by atoms with Crippen LogP contribution < -0.4 is 0 Å². The Morgan fingerprint density at radius 2 is 1.40 bits per heavy atom. The van der Waals surface area contributed by atoms with Gasteiger partial charge < -0.3 is 9.47 Å². The first kappa shape index (κ1) is 18.9. The van der Waals surface area contributed by atoms with Gasteiger partial charge in [-0.1, -0.05) is 46.5 Å². The quantitative estimate of drug-likeness (QED) is 0.349. The van der Waals surface area contributed by atoms with Gasteiger partial charge in [0, 0.05) is 0 Å². The topological polar surface area (TPSA) is 52.6 Å². The monoisotopic (exact) mass is 286 g/mol. The molecule has 0 aliphatic heterocycles. The van der Waals surface area contributed by atoms with Crippen molar-refractivity contribution in [3.05, 3.63) is 0 Å². The fourth-order valence-corrected chi connectivity index (χ4v) is 2.40. The first-order valence-electron chi connectivity index (χ1n) is 7.81. The molecule has 20 heavy (non-hydrogen) atoms. The van der Waals surface area contributed by atoms with Crippen molar-refractivity contribution < 1.29 is 19.1 Å². The van der Waals surface area contributed by atoms with Crippen LogP contribution in [0.2, 0.25) is 0 Å². The highest BCUT2D eigenvalue weighted by molar-refractivity contribution is 6.00. The van der Waals surface area contributed by atoms with Gasteiger partial charge in [-0.3, -0.25) is 9.59 Å². The lowest BCUT2D eigenvalue weighted by Crippen LogP contribution is -2.46. The van der Waals surface area contributed by atoms with Crippen LogP contribution in [0.15, 0.2) is 0 Å². The maximum Gasteiger partial charge on any atom is 0.323 e. The van der Waals surface area contributed by atoms with E-state index in [9.17, 15) is 9.59 Å². The summed E-state index contributed by atoms with van der Waals surface area (Å²) >= 11 is 0. The molecule has 0 aromatic rings. The summed E-state index contributed by atoms with van der Waals surface area (Å²) in [6.07, 6.45) is 4.59. The molecule has 0 aliphatic rings. The zero-order chi connectivity index (χ0) is 15.6. The number of carbonyl (C=O) groups excluding carboxylic acids is 2. The molecule has 0 N–H and O–H groups in total. The lowest BCUT2D eigenvalue weighted by molar-refractivity contribution is -0.176. The summed E-state index contributed by atoms with van der Waals surface area (Å²) in [4.78, 5) is 24.7. The molecule has 0 saturated heterocycles. The molecule has 0 aromatic heterocycles. The van der Waals surface area contributed by atoms with E-state index < -0.39 is 17.4 Å². The van der Waals surface area contributed by atoms with E-state index in [1.807, 2.05) is 13.8 Å². The predicted octanol–water partition coefficient (Wildman–Crippen LogP) is 3.73. The van der Waals surface area contributed by atoms with Crippen LogP contribution in [-0.4, -0.2) is 25.2 Å². The van der Waals surface area contributed by atoms with E-state index in [1.165, 1.54) is 0 Å². The highest BCUT2D eigenvalue weighted by atomic mass is 16.6. The second-order valence-electron chi connectivity index (χ2n) is 5.38. The Labute approximate surface area is 123 Å². The van der Waals surface area contributed by atoms with E-state index in [0.29, 0.717) is 6.42 Å². The van der Waals surface area contributed by atoms with Crippen molar-refractivity contribution in [3.63, 3.8) is 0 Å². The Kier molecular flexibility index (Phi) is 9.26. The summed E-state index contributed by atoms with van der Waals surface area (Å²) < 4.78 is 10.3. The molecule has 0 spiro atoms. The van der Waals surface area contributed by atoms with Gasteiger partial charge >= 0.3 is 11.9 Å². The van der Waals surface area contributed by atoms with Crippen LogP contribution >= 0.6 is 0 Å². The molecule has 0 rings (SSSR count). The van der Waals surface area contributed by atoms with Crippen molar-refractivity contribution >= 4 is 11.9 Å². The first-order valence-corrected chi connectivity index (χ1v) is 7.81. The standard InChI is InChI=1S/C16H30O4/c1-6-9-10-11-12-16(13(4)5,14(17)19-7-2)15(18)20-8-3/h13H,6-12H2,1-5H3. The lowest BCUT2D eigenvalue weighted by Gasteiger charge is -2.32. The summed E-state index contributed by atoms with van der Waals surface area (Å²) in [5, 5.41) is 0. The van der Waals surface area contributed by atoms with E-state index in [2.05, 4.69) is 6.92 Å². The number of ether oxygens (including phenoxy) is 2. The average molecular weight is 286 g/mol. The van der Waals surface area contributed by atoms with Crippen molar-refractivity contribution in [2.24, 2.45) is 11.3 Å². The third-order valence-electron chi connectivity index (χ3n) is 3.69. The molecule has 0 amide bonds. The molecule has 118 valence electrons. The van der Waals surface area contributed by atoms with E-state index >= 15 is 0 Å². The van der Waals surface area contributed by atoms with Crippen molar-refractivity contribution in [2.45, 2.75) is 66.7 Å². The smallest absolute Gasteiger partial charge is 0.323 e. The molecule has 0 fully saturated rings. The molecule has 0 aliphatic carbocycles. The highest BCUT2D eigenvalue weighted by Crippen LogP contribution is 2.37. The van der Waals surface area contributed by atoms with Gasteiger partial charge in [-0.15, -0.1) is 0 Å². The summed E-state index contributed by atoms with van der Waals surface area (Å²) in [6.45, 7) is 9.97. The van der Waals surface area contributed by atoms with Gasteiger partial charge in [0.2, 0.25) is 0 Å². The first-order chi connectivity index (χ1) is 9.47. The van der Waals surface area contributed by atoms with Crippen LogP contribution in [0.4, 0.5) is 0 Å². The zero-order valence-electron chi connectivity index (χ0n) is 13.7. The number of unbranched alkanes of at least 4 members (excludes halogenated alkanes) is 3. The number of hydrogen-bond donors (Lipinski definition) is 0. The molecule has 4 nitrogen and oxygen atoms in total. The predicted molar refractivity (Wildman–Crippen MR) is 79.3 cm³/mol. The SMILES string of the molecule is CCCCCCC(C(=O)OCC)(C(=O)OCC)C(C)C. The van der Waals surface area contributed by atoms with Crippen LogP contribution in [0.3, 0.4) is 0 Å². The van der Waals surface area contributed by atoms with Crippen LogP contribution in [-0.2, 0) is 19.1 Å². The Balaban J connectivity index is 5.12. The maximum atomic E-state index is 12.4. The van der Waals surface area contributed by atoms with Gasteiger partial charge in [-0.25, -0.2) is 0 Å². The summed E-state index contributed by atoms with van der Waals surface area (Å²) in [7, 11) is 0. The zero-order valence-corrected chi connectivity index (χ0v) is 13.7. The van der Waals surface area contributed by atoms with Crippen molar-refractivity contribution in [3.8, 4) is 0 Å². The molecule has 0 saturated carbocycles. The van der Waals surface area contributed by atoms with E-state index in [0.717, 1.165) is 25.7 Å². The number of carbonyl (C=O) groups is 2. The van der Waals surface area contributed by atoms with Crippen LogP contribution in [0.1, 0.15) is 66.7 Å². The molecule has 4 heteroatoms. The molecule has 0 atom stereocenters. The minimum absolute atomic E-state index is 0.137. The fraction of sp³-hybridized carbons (Fsp3) is 0.875. The second kappa shape index (κ2) is 9.78. The number of rotatable bonds is 10. The third kappa shape index (κ3) is 4.80. The van der Waals surface area contributed by atoms with Crippen molar-refractivity contribution in [1.82, 2.24) is 0 Å². The minimum Gasteiger partial charge on any atom is -0.465 e. The molecule has 0 radical (unpaired) electrons. The van der Waals surface area contributed by atoms with Gasteiger partial charge in [0.05, 0.1) is 13.2 Å². The van der Waals surface area contributed by atoms with E-state index in [4.69, 9.17) is 9.47 Å². The lowest BCUT2D eigenvalue weighted by atomic mass is 9.73. The Bertz CT molecular complexity index is 279. The summed E-state index contributed by atoms with van der Waals surface area (Å²) in [5.74, 6) is -1.02. The Morgan fingerprint density at radius 1 is 0.900 bits per heavy atom. The molecular formula is C16H30O4. The van der Waals surface area contributed by atoms with Gasteiger partial charge in [0.1, 0.15) is 0 Å². The van der Waals surface area contributed by atoms with Crippen LogP contribution in [0.25, 0.3) is 0 Å². The maximum absolute atomic E-state index is 12.4. The van der Waals surface area contributed by atoms with Gasteiger partial charge in [0.15, 0.2) is 5.41 Å². The van der Waals surface area contributed by atoms with Crippen molar-refractivity contribution in [2.75, 3.05) is 13.2 Å². The molecule has 0 unspecified atom stereocenters. The van der Waals surface area contributed by atoms with Crippen LogP contribution in [0.5, 0.6) is 0 Å². The molecule has 0 bridgehead atoms. The van der Waals surface area contributed by atoms with Gasteiger partial charge in [-0.2, -0.15) is 0 Å². The summed E-state index contributed by atoms with van der Waals surface area (Å²) in [5.41, 5.74) is -1.15. The third-order valence-corrected chi connectivity index (χ3v) is 3.69. The molecule has 0 heterocycles. The minimum atomic E-state index is -1.15. The highest BCUT2D eigenvalue weighted by Gasteiger charge is 2.50. The largest absolute Gasteiger partial charge is 0.465 e. The van der Waals surface area contributed by atoms with E-state index in [1.54, 1.807) is 13.8 Å². The van der Waals surface area contributed by atoms with Crippen molar-refractivity contribution in [1.29, 1.82) is 0 Å². The van der Waals surface area contributed by atoms with E-state index in [-0.39, 0.29) is 19.1 Å². The normalized spacial score (nSPS) is 11.5. The van der Waals surface area contributed by atoms with Gasteiger partial charge in [0.25, 0.3) is 0 Å². The summed E-state index contributed by atoms with van der Waals surface area (Å²) in [6, 6.07) is 0. The van der Waals surface area contributed by atoms with Gasteiger partial charge in [-0.05, 0) is 26.2 Å². The molecule has 0 aromatic carbocycles. The second-order valence-corrected chi connectivity index (χ2v) is 5.38. The number of esters is 2. The van der Waals surface area contributed by atoms with Crippen LogP contribution in [0, 0.1) is 11.3 Å². The Hall–Kier alpha value is -1.06. The fourth-order valence-electron chi connectivity index (χ4n) is 2.40. The average Bonchev–Trinajstić information content (AvgIpc) is 2.39. The number of hydrogen-bond acceptors (Lipinski definition) is 4. The molecular weight excluding hydrogens is 256 g/mol.